The van der Waals surface area contributed by atoms with Gasteiger partial charge in [-0.3, -0.25) is 4.79 Å². The molecule has 1 atom stereocenters. The molecule has 0 bridgehead atoms. The van der Waals surface area contributed by atoms with Crippen molar-refractivity contribution in [3.63, 3.8) is 0 Å². The van der Waals surface area contributed by atoms with E-state index >= 15 is 0 Å². The van der Waals surface area contributed by atoms with Crippen LogP contribution in [0.15, 0.2) is 29.2 Å². The molecular weight excluding hydrogens is 297 g/mol. The number of carbonyl (C=O) groups is 2. The van der Waals surface area contributed by atoms with Gasteiger partial charge in [-0.15, -0.1) is 11.8 Å². The Bertz CT molecular complexity index is 508. The molecule has 0 N–H and O–H groups in total. The first kappa shape index (κ1) is 15.8. The highest BCUT2D eigenvalue weighted by Gasteiger charge is 2.33. The molecule has 0 saturated carbocycles. The molecular formula is C14H16FNO4S. The molecule has 1 unspecified atom stereocenters. The van der Waals surface area contributed by atoms with Crippen LogP contribution >= 0.6 is 11.8 Å². The van der Waals surface area contributed by atoms with Gasteiger partial charge in [-0.05, 0) is 24.3 Å². The van der Waals surface area contributed by atoms with Crippen molar-refractivity contribution in [3.05, 3.63) is 30.1 Å². The van der Waals surface area contributed by atoms with E-state index in [-0.39, 0.29) is 24.1 Å². The number of amides is 1. The molecule has 5 nitrogen and oxygen atoms in total. The molecule has 1 amide bonds. The molecule has 1 aromatic rings. The van der Waals surface area contributed by atoms with Crippen molar-refractivity contribution in [2.45, 2.75) is 10.9 Å². The van der Waals surface area contributed by atoms with E-state index in [0.29, 0.717) is 13.2 Å². The zero-order valence-electron chi connectivity index (χ0n) is 11.6. The summed E-state index contributed by atoms with van der Waals surface area (Å²) in [7, 11) is 1.28. The maximum atomic E-state index is 12.8. The number of halogens is 1. The third-order valence-electron chi connectivity index (χ3n) is 3.10. The molecule has 7 heteroatoms. The minimum Gasteiger partial charge on any atom is -0.467 e. The number of hydrogen-bond acceptors (Lipinski definition) is 5. The van der Waals surface area contributed by atoms with Gasteiger partial charge < -0.3 is 14.4 Å². The molecule has 2 rings (SSSR count). The van der Waals surface area contributed by atoms with Gasteiger partial charge in [-0.1, -0.05) is 0 Å². The van der Waals surface area contributed by atoms with Crippen LogP contribution in [0.1, 0.15) is 0 Å². The Hall–Kier alpha value is -1.60. The van der Waals surface area contributed by atoms with E-state index in [1.54, 1.807) is 12.1 Å². The minimum absolute atomic E-state index is 0.152. The number of benzene rings is 1. The molecule has 1 heterocycles. The highest BCUT2D eigenvalue weighted by atomic mass is 32.2. The third-order valence-corrected chi connectivity index (χ3v) is 4.09. The number of carbonyl (C=O) groups excluding carboxylic acids is 2. The number of morpholine rings is 1. The van der Waals surface area contributed by atoms with Crippen molar-refractivity contribution in [2.24, 2.45) is 0 Å². The Morgan fingerprint density at radius 3 is 2.81 bits per heavy atom. The standard InChI is InChI=1S/C14H16FNO4S/c1-19-14(18)12-8-20-7-6-16(12)13(17)9-21-11-4-2-10(15)3-5-11/h2-5,12H,6-9H2,1H3. The first-order valence-corrected chi connectivity index (χ1v) is 7.44. The number of hydrogen-bond donors (Lipinski definition) is 0. The molecule has 21 heavy (non-hydrogen) atoms. The first-order valence-electron chi connectivity index (χ1n) is 6.45. The molecule has 0 aromatic heterocycles. The molecule has 0 spiro atoms. The Labute approximate surface area is 126 Å². The Balaban J connectivity index is 1.94. The van der Waals surface area contributed by atoms with Gasteiger partial charge in [0.05, 0.1) is 26.1 Å². The Morgan fingerprint density at radius 1 is 1.43 bits per heavy atom. The molecule has 0 aliphatic carbocycles. The van der Waals surface area contributed by atoms with Crippen LogP contribution in [0.3, 0.4) is 0 Å². The largest absolute Gasteiger partial charge is 0.467 e. The summed E-state index contributed by atoms with van der Waals surface area (Å²) in [6, 6.07) is 5.23. The average Bonchev–Trinajstić information content (AvgIpc) is 2.53. The van der Waals surface area contributed by atoms with E-state index in [2.05, 4.69) is 4.74 Å². The summed E-state index contributed by atoms with van der Waals surface area (Å²) >= 11 is 1.30. The maximum Gasteiger partial charge on any atom is 0.331 e. The van der Waals surface area contributed by atoms with E-state index < -0.39 is 12.0 Å². The predicted molar refractivity (Wildman–Crippen MR) is 75.5 cm³/mol. The second kappa shape index (κ2) is 7.42. The van der Waals surface area contributed by atoms with Crippen LogP contribution in [-0.4, -0.2) is 55.4 Å². The maximum absolute atomic E-state index is 12.8. The van der Waals surface area contributed by atoms with Gasteiger partial charge in [0.25, 0.3) is 0 Å². The fourth-order valence-electron chi connectivity index (χ4n) is 1.99. The van der Waals surface area contributed by atoms with Crippen LogP contribution < -0.4 is 0 Å². The van der Waals surface area contributed by atoms with Gasteiger partial charge in [-0.25, -0.2) is 9.18 Å². The van der Waals surface area contributed by atoms with Crippen molar-refractivity contribution in [3.8, 4) is 0 Å². The summed E-state index contributed by atoms with van der Waals surface area (Å²) in [4.78, 5) is 26.2. The Morgan fingerprint density at radius 2 is 2.14 bits per heavy atom. The fourth-order valence-corrected chi connectivity index (χ4v) is 2.78. The highest BCUT2D eigenvalue weighted by Crippen LogP contribution is 2.20. The third kappa shape index (κ3) is 4.18. The van der Waals surface area contributed by atoms with Gasteiger partial charge in [0.15, 0.2) is 6.04 Å². The Kier molecular flexibility index (Phi) is 5.58. The van der Waals surface area contributed by atoms with Crippen LogP contribution in [0, 0.1) is 5.82 Å². The SMILES string of the molecule is COC(=O)C1COCCN1C(=O)CSc1ccc(F)cc1. The van der Waals surface area contributed by atoms with Crippen molar-refractivity contribution < 1.29 is 23.5 Å². The molecule has 1 aliphatic rings. The lowest BCUT2D eigenvalue weighted by Gasteiger charge is -2.33. The summed E-state index contributed by atoms with van der Waals surface area (Å²) < 4.78 is 22.7. The van der Waals surface area contributed by atoms with Crippen LogP contribution in [0.25, 0.3) is 0 Å². The fraction of sp³-hybridized carbons (Fsp3) is 0.429. The lowest BCUT2D eigenvalue weighted by molar-refractivity contribution is -0.159. The zero-order chi connectivity index (χ0) is 15.2. The van der Waals surface area contributed by atoms with E-state index in [4.69, 9.17) is 4.74 Å². The van der Waals surface area contributed by atoms with Gasteiger partial charge >= 0.3 is 5.97 Å². The number of rotatable bonds is 4. The summed E-state index contributed by atoms with van der Waals surface area (Å²) in [5.74, 6) is -0.776. The molecule has 1 aromatic carbocycles. The number of thioether (sulfide) groups is 1. The highest BCUT2D eigenvalue weighted by molar-refractivity contribution is 8.00. The monoisotopic (exact) mass is 313 g/mol. The van der Waals surface area contributed by atoms with Crippen molar-refractivity contribution >= 4 is 23.6 Å². The number of nitrogens with zero attached hydrogens (tertiary/aromatic N) is 1. The molecule has 1 fully saturated rings. The first-order chi connectivity index (χ1) is 10.1. The predicted octanol–water partition coefficient (Wildman–Crippen LogP) is 1.32. The second-order valence-corrected chi connectivity index (χ2v) is 5.49. The number of methoxy groups -OCH3 is 1. The smallest absolute Gasteiger partial charge is 0.331 e. The van der Waals surface area contributed by atoms with E-state index in [9.17, 15) is 14.0 Å². The van der Waals surface area contributed by atoms with E-state index in [1.165, 1.54) is 35.9 Å². The number of ether oxygens (including phenoxy) is 2. The summed E-state index contributed by atoms with van der Waals surface area (Å²) in [6.07, 6.45) is 0. The molecule has 114 valence electrons. The second-order valence-electron chi connectivity index (χ2n) is 4.44. The summed E-state index contributed by atoms with van der Waals surface area (Å²) in [5, 5.41) is 0. The van der Waals surface area contributed by atoms with Gasteiger partial charge in [0.2, 0.25) is 5.91 Å². The summed E-state index contributed by atoms with van der Waals surface area (Å²) in [6.45, 7) is 0.919. The van der Waals surface area contributed by atoms with Crippen molar-refractivity contribution in [1.82, 2.24) is 4.90 Å². The molecule has 1 saturated heterocycles. The topological polar surface area (TPSA) is 55.8 Å². The van der Waals surface area contributed by atoms with Crippen LogP contribution in [0.2, 0.25) is 0 Å². The van der Waals surface area contributed by atoms with Gasteiger partial charge in [0, 0.05) is 11.4 Å². The van der Waals surface area contributed by atoms with E-state index in [0.717, 1.165) is 4.90 Å². The molecule has 0 radical (unpaired) electrons. The summed E-state index contributed by atoms with van der Waals surface area (Å²) in [5.41, 5.74) is 0. The van der Waals surface area contributed by atoms with Gasteiger partial charge in [0.1, 0.15) is 5.82 Å². The van der Waals surface area contributed by atoms with Crippen molar-refractivity contribution in [2.75, 3.05) is 32.6 Å². The average molecular weight is 313 g/mol. The zero-order valence-corrected chi connectivity index (χ0v) is 12.4. The van der Waals surface area contributed by atoms with Gasteiger partial charge in [-0.2, -0.15) is 0 Å². The van der Waals surface area contributed by atoms with Crippen molar-refractivity contribution in [1.29, 1.82) is 0 Å². The lowest BCUT2D eigenvalue weighted by atomic mass is 10.2. The minimum atomic E-state index is -0.690. The quantitative estimate of drug-likeness (QED) is 0.620. The molecule has 1 aliphatic heterocycles. The number of esters is 1. The normalized spacial score (nSPS) is 18.4. The van der Waals surface area contributed by atoms with E-state index in [1.807, 2.05) is 0 Å². The lowest BCUT2D eigenvalue weighted by Crippen LogP contribution is -2.53. The van der Waals surface area contributed by atoms with Crippen LogP contribution in [0.4, 0.5) is 4.39 Å². The van der Waals surface area contributed by atoms with Crippen LogP contribution in [-0.2, 0) is 19.1 Å². The van der Waals surface area contributed by atoms with Crippen LogP contribution in [0.5, 0.6) is 0 Å².